The van der Waals surface area contributed by atoms with Crippen molar-refractivity contribution >= 4 is 11.9 Å². The third kappa shape index (κ3) is 4.02. The van der Waals surface area contributed by atoms with Crippen LogP contribution in [-0.2, 0) is 14.3 Å². The maximum Gasteiger partial charge on any atom is 0.330 e. The Morgan fingerprint density at radius 1 is 1.50 bits per heavy atom. The van der Waals surface area contributed by atoms with Crippen LogP contribution in [0.1, 0.15) is 6.92 Å². The predicted octanol–water partition coefficient (Wildman–Crippen LogP) is -0.120. The quantitative estimate of drug-likeness (QED) is 0.495. The number of hydrogen-bond donors (Lipinski definition) is 0. The monoisotopic (exact) mass is 226 g/mol. The van der Waals surface area contributed by atoms with E-state index in [0.29, 0.717) is 19.7 Å². The number of carbonyl (C=O) groups is 2. The second-order valence-electron chi connectivity index (χ2n) is 3.70. The molecular formula is C11H18N2O3. The lowest BCUT2D eigenvalue weighted by atomic mass is 10.3. The maximum atomic E-state index is 11.4. The molecule has 1 fully saturated rings. The minimum Gasteiger partial charge on any atom is -0.463 e. The molecule has 1 aliphatic rings. The first-order valence-corrected chi connectivity index (χ1v) is 5.43. The molecule has 90 valence electrons. The van der Waals surface area contributed by atoms with Crippen molar-refractivity contribution in [2.75, 3.05) is 39.8 Å². The summed E-state index contributed by atoms with van der Waals surface area (Å²) in [6.45, 7) is 4.77. The smallest absolute Gasteiger partial charge is 0.330 e. The van der Waals surface area contributed by atoms with Gasteiger partial charge in [0.2, 0.25) is 5.91 Å². The molecule has 5 nitrogen and oxygen atoms in total. The van der Waals surface area contributed by atoms with Crippen molar-refractivity contribution in [2.24, 2.45) is 0 Å². The number of amides is 1. The minimum absolute atomic E-state index is 0.121. The lowest BCUT2D eigenvalue weighted by Gasteiger charge is -2.31. The van der Waals surface area contributed by atoms with Crippen LogP contribution in [0.2, 0.25) is 0 Å². The van der Waals surface area contributed by atoms with Gasteiger partial charge in [0, 0.05) is 32.8 Å². The van der Waals surface area contributed by atoms with Crippen molar-refractivity contribution in [3.8, 4) is 0 Å². The van der Waals surface area contributed by atoms with Crippen LogP contribution in [0.3, 0.4) is 0 Å². The first-order valence-electron chi connectivity index (χ1n) is 5.43. The average molecular weight is 226 g/mol. The summed E-state index contributed by atoms with van der Waals surface area (Å²) in [6.07, 6.45) is 3.14. The van der Waals surface area contributed by atoms with Gasteiger partial charge in [-0.05, 0) is 6.92 Å². The van der Waals surface area contributed by atoms with Crippen LogP contribution in [0.15, 0.2) is 12.2 Å². The molecule has 1 amide bonds. The molecule has 0 atom stereocenters. The highest BCUT2D eigenvalue weighted by Crippen LogP contribution is 2.00. The Morgan fingerprint density at radius 2 is 2.25 bits per heavy atom. The third-order valence-corrected chi connectivity index (χ3v) is 2.44. The molecule has 1 saturated heterocycles. The van der Waals surface area contributed by atoms with Gasteiger partial charge in [-0.2, -0.15) is 0 Å². The Morgan fingerprint density at radius 3 is 2.88 bits per heavy atom. The van der Waals surface area contributed by atoms with Crippen LogP contribution in [-0.4, -0.2) is 61.5 Å². The SMILES string of the molecule is CCOC(=O)/C=C/CN1CCN(C)C(=O)C1. The van der Waals surface area contributed by atoms with E-state index >= 15 is 0 Å². The summed E-state index contributed by atoms with van der Waals surface area (Å²) in [5.74, 6) is -0.210. The van der Waals surface area contributed by atoms with E-state index in [1.54, 1.807) is 24.9 Å². The normalized spacial score (nSPS) is 18.1. The molecule has 1 heterocycles. The van der Waals surface area contributed by atoms with Gasteiger partial charge in [-0.1, -0.05) is 6.08 Å². The van der Waals surface area contributed by atoms with E-state index in [4.69, 9.17) is 4.74 Å². The van der Waals surface area contributed by atoms with E-state index in [2.05, 4.69) is 0 Å². The van der Waals surface area contributed by atoms with Crippen LogP contribution >= 0.6 is 0 Å². The number of nitrogens with zero attached hydrogens (tertiary/aromatic N) is 2. The van der Waals surface area contributed by atoms with E-state index in [-0.39, 0.29) is 11.9 Å². The number of likely N-dealkylation sites (N-methyl/N-ethyl adjacent to an activating group) is 1. The fourth-order valence-corrected chi connectivity index (χ4v) is 1.45. The Balaban J connectivity index is 2.28. The average Bonchev–Trinajstić information content (AvgIpc) is 2.24. The van der Waals surface area contributed by atoms with Gasteiger partial charge < -0.3 is 9.64 Å². The number of ether oxygens (including phenoxy) is 1. The van der Waals surface area contributed by atoms with E-state index < -0.39 is 0 Å². The molecule has 0 aromatic carbocycles. The number of piperazine rings is 1. The van der Waals surface area contributed by atoms with Crippen molar-refractivity contribution in [1.29, 1.82) is 0 Å². The van der Waals surface area contributed by atoms with E-state index in [1.807, 2.05) is 4.90 Å². The van der Waals surface area contributed by atoms with Crippen LogP contribution in [0, 0.1) is 0 Å². The zero-order valence-electron chi connectivity index (χ0n) is 9.81. The minimum atomic E-state index is -0.331. The third-order valence-electron chi connectivity index (χ3n) is 2.44. The van der Waals surface area contributed by atoms with Crippen molar-refractivity contribution in [1.82, 2.24) is 9.80 Å². The maximum absolute atomic E-state index is 11.4. The highest BCUT2D eigenvalue weighted by molar-refractivity contribution is 5.82. The summed E-state index contributed by atoms with van der Waals surface area (Å²) in [7, 11) is 1.80. The van der Waals surface area contributed by atoms with Crippen molar-refractivity contribution in [2.45, 2.75) is 6.92 Å². The number of hydrogen-bond acceptors (Lipinski definition) is 4. The second kappa shape index (κ2) is 6.27. The second-order valence-corrected chi connectivity index (χ2v) is 3.70. The van der Waals surface area contributed by atoms with E-state index in [1.165, 1.54) is 6.08 Å². The topological polar surface area (TPSA) is 49.9 Å². The molecule has 0 N–H and O–H groups in total. The van der Waals surface area contributed by atoms with Crippen LogP contribution in [0.25, 0.3) is 0 Å². The zero-order valence-corrected chi connectivity index (χ0v) is 9.81. The highest BCUT2D eigenvalue weighted by atomic mass is 16.5. The fraction of sp³-hybridized carbons (Fsp3) is 0.636. The van der Waals surface area contributed by atoms with Gasteiger partial charge in [-0.3, -0.25) is 9.69 Å². The Hall–Kier alpha value is -1.36. The van der Waals surface area contributed by atoms with Gasteiger partial charge in [0.15, 0.2) is 0 Å². The molecule has 0 aromatic rings. The van der Waals surface area contributed by atoms with Crippen molar-refractivity contribution in [3.05, 3.63) is 12.2 Å². The Kier molecular flexibility index (Phi) is 4.98. The molecule has 0 radical (unpaired) electrons. The van der Waals surface area contributed by atoms with Crippen molar-refractivity contribution < 1.29 is 14.3 Å². The summed E-state index contributed by atoms with van der Waals surface area (Å²) in [4.78, 5) is 26.1. The summed E-state index contributed by atoms with van der Waals surface area (Å²) in [5, 5.41) is 0. The predicted molar refractivity (Wildman–Crippen MR) is 59.9 cm³/mol. The van der Waals surface area contributed by atoms with Gasteiger partial charge in [0.1, 0.15) is 0 Å². The van der Waals surface area contributed by atoms with Gasteiger partial charge in [0.25, 0.3) is 0 Å². The van der Waals surface area contributed by atoms with E-state index in [0.717, 1.165) is 13.1 Å². The molecule has 0 bridgehead atoms. The van der Waals surface area contributed by atoms with Gasteiger partial charge >= 0.3 is 5.97 Å². The summed E-state index contributed by atoms with van der Waals surface area (Å²) >= 11 is 0. The molecule has 1 aliphatic heterocycles. The number of rotatable bonds is 4. The molecule has 0 unspecified atom stereocenters. The largest absolute Gasteiger partial charge is 0.463 e. The first kappa shape index (κ1) is 12.7. The molecule has 1 rings (SSSR count). The van der Waals surface area contributed by atoms with Gasteiger partial charge in [-0.25, -0.2) is 4.79 Å². The fourth-order valence-electron chi connectivity index (χ4n) is 1.45. The zero-order chi connectivity index (χ0) is 12.0. The van der Waals surface area contributed by atoms with Crippen LogP contribution in [0.5, 0.6) is 0 Å². The van der Waals surface area contributed by atoms with Gasteiger partial charge in [-0.15, -0.1) is 0 Å². The molecule has 5 heteroatoms. The summed E-state index contributed by atoms with van der Waals surface area (Å²) in [6, 6.07) is 0. The summed E-state index contributed by atoms with van der Waals surface area (Å²) < 4.78 is 4.75. The molecule has 0 aromatic heterocycles. The lowest BCUT2D eigenvalue weighted by Crippen LogP contribution is -2.48. The first-order chi connectivity index (χ1) is 7.63. The van der Waals surface area contributed by atoms with Crippen LogP contribution in [0.4, 0.5) is 0 Å². The Labute approximate surface area is 95.6 Å². The molecular weight excluding hydrogens is 208 g/mol. The number of esters is 1. The molecule has 0 aliphatic carbocycles. The number of carbonyl (C=O) groups excluding carboxylic acids is 2. The van der Waals surface area contributed by atoms with Gasteiger partial charge in [0.05, 0.1) is 13.2 Å². The van der Waals surface area contributed by atoms with Crippen molar-refractivity contribution in [3.63, 3.8) is 0 Å². The Bertz CT molecular complexity index is 289. The summed E-state index contributed by atoms with van der Waals surface area (Å²) in [5.41, 5.74) is 0. The molecule has 0 saturated carbocycles. The van der Waals surface area contributed by atoms with Crippen LogP contribution < -0.4 is 0 Å². The molecule has 0 spiro atoms. The van der Waals surface area contributed by atoms with E-state index in [9.17, 15) is 9.59 Å². The highest BCUT2D eigenvalue weighted by Gasteiger charge is 2.19. The lowest BCUT2D eigenvalue weighted by molar-refractivity contribution is -0.137. The standard InChI is InChI=1S/C11H18N2O3/c1-3-16-11(15)5-4-6-13-8-7-12(2)10(14)9-13/h4-5H,3,6-9H2,1-2H3/b5-4+. The molecule has 16 heavy (non-hydrogen) atoms.